The summed E-state index contributed by atoms with van der Waals surface area (Å²) in [5.41, 5.74) is 4.65. The van der Waals surface area contributed by atoms with Gasteiger partial charge in [0.15, 0.2) is 0 Å². The number of Topliss-reactive ketones (excluding diaryl/α,β-unsaturated/α-hetero) is 1. The Morgan fingerprint density at radius 2 is 1.55 bits per heavy atom. The highest BCUT2D eigenvalue weighted by Crippen LogP contribution is 2.37. The number of carboxylic acid groups (broad SMARTS) is 1. The number of aliphatic hydroxyl groups is 1. The van der Waals surface area contributed by atoms with Crippen molar-refractivity contribution >= 4 is 40.8 Å². The van der Waals surface area contributed by atoms with Crippen LogP contribution in [0.1, 0.15) is 84.3 Å². The summed E-state index contributed by atoms with van der Waals surface area (Å²) in [6.45, 7) is 9.95. The number of aliphatic hydroxyl groups excluding tert-OH is 1. The van der Waals surface area contributed by atoms with Gasteiger partial charge in [0, 0.05) is 18.5 Å². The number of rotatable bonds is 12. The molecule has 224 valence electrons. The summed E-state index contributed by atoms with van der Waals surface area (Å²) in [6, 6.07) is 18.4. The summed E-state index contributed by atoms with van der Waals surface area (Å²) in [4.78, 5) is 23.0. The van der Waals surface area contributed by atoms with Crippen molar-refractivity contribution in [3.63, 3.8) is 0 Å². The second-order valence-corrected chi connectivity index (χ2v) is 10.7. The fourth-order valence-electron chi connectivity index (χ4n) is 3.85. The molecule has 0 fully saturated rings. The van der Waals surface area contributed by atoms with E-state index in [4.69, 9.17) is 5.11 Å². The average Bonchev–Trinajstić information content (AvgIpc) is 3.40. The van der Waals surface area contributed by atoms with E-state index in [1.54, 1.807) is 13.8 Å². The van der Waals surface area contributed by atoms with Crippen LogP contribution < -0.4 is 4.90 Å². The van der Waals surface area contributed by atoms with Gasteiger partial charge < -0.3 is 19.9 Å². The molecule has 1 heterocycles. The molecular formula is C33H50ClNO4S. The molecule has 5 nitrogen and oxygen atoms in total. The van der Waals surface area contributed by atoms with Crippen molar-refractivity contribution in [2.24, 2.45) is 5.92 Å². The Hall–Kier alpha value is -2.28. The lowest BCUT2D eigenvalue weighted by molar-refractivity contribution is -0.141. The van der Waals surface area contributed by atoms with Crippen LogP contribution in [0, 0.1) is 5.92 Å². The number of aliphatic carboxylic acids is 1. The lowest BCUT2D eigenvalue weighted by atomic mass is 10.0. The molecule has 0 aliphatic carbocycles. The van der Waals surface area contributed by atoms with Gasteiger partial charge in [-0.1, -0.05) is 89.4 Å². The van der Waals surface area contributed by atoms with E-state index in [-0.39, 0.29) is 12.5 Å². The third-order valence-electron chi connectivity index (χ3n) is 6.24. The number of unbranched alkanes of at least 4 members (excludes halogenated alkanes) is 2. The van der Waals surface area contributed by atoms with Crippen molar-refractivity contribution in [2.45, 2.75) is 91.4 Å². The summed E-state index contributed by atoms with van der Waals surface area (Å²) in [5.74, 6) is -0.729. The van der Waals surface area contributed by atoms with E-state index in [2.05, 4.69) is 66.9 Å². The second-order valence-electron chi connectivity index (χ2n) is 9.62. The number of carbonyl (C=O) groups is 2. The minimum absolute atomic E-state index is 0.116. The Morgan fingerprint density at radius 1 is 0.950 bits per heavy atom. The molecule has 0 saturated carbocycles. The van der Waals surface area contributed by atoms with E-state index in [0.29, 0.717) is 17.6 Å². The van der Waals surface area contributed by atoms with Crippen molar-refractivity contribution in [3.8, 4) is 0 Å². The Kier molecular flexibility index (Phi) is 22.1. The maximum Gasteiger partial charge on any atom is 0.306 e. The first-order valence-electron chi connectivity index (χ1n) is 14.2. The molecule has 2 atom stereocenters. The standard InChI is InChI=1S/C16H23NOS.C10H12O2.C6H12O.CH3Cl/c1-3-5-6-16-17(15(11-18)12-19-16)14-9-7-13(4-2)8-10-14;1-8(10(11)12)7-9-5-3-2-4-6-9;1-3-4-5-6(2)7;1-2/h7-10,12,16,18H,3-6,11H2,1-2H3;2-6,8H,7H2,1H3,(H,11,12);3-5H2,1-2H3;1H3. The van der Waals surface area contributed by atoms with Crippen molar-refractivity contribution in [1.82, 2.24) is 0 Å². The first-order valence-corrected chi connectivity index (χ1v) is 15.9. The highest BCUT2D eigenvalue weighted by molar-refractivity contribution is 8.03. The Morgan fingerprint density at radius 3 is 2.00 bits per heavy atom. The van der Waals surface area contributed by atoms with E-state index in [1.807, 2.05) is 42.1 Å². The fourth-order valence-corrected chi connectivity index (χ4v) is 5.04. The van der Waals surface area contributed by atoms with Crippen LogP contribution in [0.25, 0.3) is 0 Å². The number of ketones is 1. The van der Waals surface area contributed by atoms with Crippen LogP contribution in [-0.4, -0.2) is 40.3 Å². The van der Waals surface area contributed by atoms with Crippen LogP contribution in [0.4, 0.5) is 5.69 Å². The van der Waals surface area contributed by atoms with E-state index in [1.165, 1.54) is 30.5 Å². The molecule has 2 aromatic rings. The molecule has 0 saturated heterocycles. The molecule has 0 aromatic heterocycles. The second kappa shape index (κ2) is 23.4. The predicted octanol–water partition coefficient (Wildman–Crippen LogP) is 8.72. The van der Waals surface area contributed by atoms with Gasteiger partial charge in [-0.25, -0.2) is 0 Å². The first kappa shape index (κ1) is 37.7. The topological polar surface area (TPSA) is 77.8 Å². The third kappa shape index (κ3) is 15.5. The van der Waals surface area contributed by atoms with Crippen LogP contribution in [0.3, 0.4) is 0 Å². The number of aryl methyl sites for hydroxylation is 1. The molecule has 2 unspecified atom stereocenters. The highest BCUT2D eigenvalue weighted by Gasteiger charge is 2.27. The van der Waals surface area contributed by atoms with Crippen LogP contribution in [0.2, 0.25) is 0 Å². The summed E-state index contributed by atoms with van der Waals surface area (Å²) < 4.78 is 0. The summed E-state index contributed by atoms with van der Waals surface area (Å²) in [5, 5.41) is 20.7. The molecule has 1 aliphatic heterocycles. The number of alkyl halides is 1. The largest absolute Gasteiger partial charge is 0.481 e. The average molecular weight is 592 g/mol. The number of nitrogens with zero attached hydrogens (tertiary/aromatic N) is 1. The number of carbonyl (C=O) groups excluding carboxylic acids is 1. The van der Waals surface area contributed by atoms with Gasteiger partial charge in [-0.15, -0.1) is 23.4 Å². The number of benzene rings is 2. The zero-order valence-corrected chi connectivity index (χ0v) is 26.8. The van der Waals surface area contributed by atoms with Gasteiger partial charge in [0.05, 0.1) is 23.6 Å². The number of thioether (sulfide) groups is 1. The maximum absolute atomic E-state index is 10.5. The molecule has 0 spiro atoms. The van der Waals surface area contributed by atoms with E-state index >= 15 is 0 Å². The zero-order chi connectivity index (χ0) is 30.3. The number of hydrogen-bond donors (Lipinski definition) is 2. The normalized spacial score (nSPS) is 14.3. The predicted molar refractivity (Wildman–Crippen MR) is 173 cm³/mol. The Bertz CT molecular complexity index is 966. The molecule has 2 N–H and O–H groups in total. The van der Waals surface area contributed by atoms with Crippen molar-refractivity contribution in [3.05, 3.63) is 76.8 Å². The monoisotopic (exact) mass is 591 g/mol. The number of anilines is 1. The van der Waals surface area contributed by atoms with E-state index in [0.717, 1.165) is 43.4 Å². The van der Waals surface area contributed by atoms with Gasteiger partial charge in [0.25, 0.3) is 0 Å². The van der Waals surface area contributed by atoms with Gasteiger partial charge in [0.2, 0.25) is 0 Å². The van der Waals surface area contributed by atoms with Gasteiger partial charge in [-0.2, -0.15) is 0 Å². The van der Waals surface area contributed by atoms with E-state index < -0.39 is 5.97 Å². The minimum atomic E-state index is -0.737. The minimum Gasteiger partial charge on any atom is -0.481 e. The lowest BCUT2D eigenvalue weighted by Crippen LogP contribution is -2.29. The third-order valence-corrected chi connectivity index (χ3v) is 7.41. The SMILES string of the molecule is CC(Cc1ccccc1)C(=O)O.CCCCC(C)=O.CCCCC1SC=C(CO)N1c1ccc(CC)cc1.CCl. The van der Waals surface area contributed by atoms with Crippen molar-refractivity contribution in [1.29, 1.82) is 0 Å². The van der Waals surface area contributed by atoms with Gasteiger partial charge >= 0.3 is 5.97 Å². The van der Waals surface area contributed by atoms with Gasteiger partial charge in [0.1, 0.15) is 5.78 Å². The molecule has 1 aliphatic rings. The zero-order valence-electron chi connectivity index (χ0n) is 25.2. The summed E-state index contributed by atoms with van der Waals surface area (Å²) in [7, 11) is 0. The van der Waals surface area contributed by atoms with Crippen LogP contribution >= 0.6 is 23.4 Å². The lowest BCUT2D eigenvalue weighted by Gasteiger charge is -2.28. The molecule has 7 heteroatoms. The molecule has 0 radical (unpaired) electrons. The van der Waals surface area contributed by atoms with Crippen LogP contribution in [0.5, 0.6) is 0 Å². The van der Waals surface area contributed by atoms with Crippen molar-refractivity contribution in [2.75, 3.05) is 17.9 Å². The number of carboxylic acids is 1. The fraction of sp³-hybridized carbons (Fsp3) is 0.515. The molecule has 40 heavy (non-hydrogen) atoms. The Balaban J connectivity index is 0.000000620. The van der Waals surface area contributed by atoms with Gasteiger partial charge in [-0.05, 0) is 61.3 Å². The number of hydrogen-bond acceptors (Lipinski definition) is 5. The Labute approximate surface area is 252 Å². The van der Waals surface area contributed by atoms with Crippen molar-refractivity contribution < 1.29 is 19.8 Å². The van der Waals surface area contributed by atoms with Gasteiger partial charge in [-0.3, -0.25) is 4.79 Å². The summed E-state index contributed by atoms with van der Waals surface area (Å²) in [6.07, 6.45) is 9.69. The first-order chi connectivity index (χ1) is 19.3. The molecular weight excluding hydrogens is 542 g/mol. The molecule has 2 aromatic carbocycles. The van der Waals surface area contributed by atoms with Crippen LogP contribution in [0.15, 0.2) is 65.7 Å². The van der Waals surface area contributed by atoms with E-state index in [9.17, 15) is 14.7 Å². The maximum atomic E-state index is 10.5. The molecule has 0 amide bonds. The van der Waals surface area contributed by atoms with Crippen LogP contribution in [-0.2, 0) is 22.4 Å². The quantitative estimate of drug-likeness (QED) is 0.240. The molecule has 3 rings (SSSR count). The summed E-state index contributed by atoms with van der Waals surface area (Å²) >= 11 is 6.47. The number of halogens is 1. The molecule has 0 bridgehead atoms. The highest BCUT2D eigenvalue weighted by atomic mass is 35.5. The smallest absolute Gasteiger partial charge is 0.306 e.